The molecular weight excluding hydrogens is 198 g/mol. The van der Waals surface area contributed by atoms with Gasteiger partial charge in [0.15, 0.2) is 0 Å². The molecule has 1 rings (SSSR count). The van der Waals surface area contributed by atoms with Crippen LogP contribution in [0.3, 0.4) is 0 Å². The Morgan fingerprint density at radius 2 is 2.12 bits per heavy atom. The molecule has 3 nitrogen and oxygen atoms in total. The van der Waals surface area contributed by atoms with Crippen LogP contribution in [0.25, 0.3) is 0 Å². The van der Waals surface area contributed by atoms with E-state index >= 15 is 0 Å². The van der Waals surface area contributed by atoms with Gasteiger partial charge in [0.25, 0.3) is 0 Å². The number of hydrogen-bond donors (Lipinski definition) is 1. The second-order valence-corrected chi connectivity index (χ2v) is 5.29. The molecule has 1 aliphatic heterocycles. The van der Waals surface area contributed by atoms with E-state index in [9.17, 15) is 0 Å². The fourth-order valence-electron chi connectivity index (χ4n) is 2.39. The van der Waals surface area contributed by atoms with Crippen molar-refractivity contribution >= 4 is 0 Å². The van der Waals surface area contributed by atoms with Crippen molar-refractivity contribution in [3.63, 3.8) is 0 Å². The molecule has 0 saturated carbocycles. The van der Waals surface area contributed by atoms with Crippen molar-refractivity contribution in [3.8, 4) is 0 Å². The van der Waals surface area contributed by atoms with Crippen molar-refractivity contribution in [3.05, 3.63) is 0 Å². The van der Waals surface area contributed by atoms with Crippen molar-refractivity contribution in [1.82, 2.24) is 15.1 Å². The normalized spacial score (nSPS) is 24.2. The van der Waals surface area contributed by atoms with Crippen molar-refractivity contribution in [2.75, 3.05) is 40.3 Å². The first kappa shape index (κ1) is 13.9. The minimum atomic E-state index is 0.731. The molecule has 3 heteroatoms. The third kappa shape index (κ3) is 4.40. The molecule has 2 atom stereocenters. The van der Waals surface area contributed by atoms with Crippen molar-refractivity contribution in [2.45, 2.75) is 45.2 Å². The van der Waals surface area contributed by atoms with Crippen molar-refractivity contribution < 1.29 is 0 Å². The second kappa shape index (κ2) is 7.25. The van der Waals surface area contributed by atoms with E-state index in [0.717, 1.165) is 25.2 Å². The molecule has 0 aromatic carbocycles. The van der Waals surface area contributed by atoms with Crippen LogP contribution in [0.4, 0.5) is 0 Å². The summed E-state index contributed by atoms with van der Waals surface area (Å²) >= 11 is 0. The summed E-state index contributed by atoms with van der Waals surface area (Å²) in [6.45, 7) is 9.44. The first-order valence-corrected chi connectivity index (χ1v) is 6.76. The van der Waals surface area contributed by atoms with Gasteiger partial charge in [0.2, 0.25) is 0 Å². The smallest absolute Gasteiger partial charge is 0.0229 e. The summed E-state index contributed by atoms with van der Waals surface area (Å²) in [4.78, 5) is 5.00. The lowest BCUT2D eigenvalue weighted by Crippen LogP contribution is -2.37. The summed E-state index contributed by atoms with van der Waals surface area (Å²) in [6.07, 6.45) is 3.85. The first-order chi connectivity index (χ1) is 7.65. The standard InChI is InChI=1S/C13H29N3/c1-5-8-14-9-6-12(2)16-10-7-13(11-16)15(3)4/h12-14H,5-11H2,1-4H3. The molecule has 1 aliphatic rings. The Bertz CT molecular complexity index is 182. The van der Waals surface area contributed by atoms with Gasteiger partial charge >= 0.3 is 0 Å². The molecule has 96 valence electrons. The minimum absolute atomic E-state index is 0.731. The lowest BCUT2D eigenvalue weighted by molar-refractivity contribution is 0.217. The van der Waals surface area contributed by atoms with Crippen LogP contribution in [-0.2, 0) is 0 Å². The Morgan fingerprint density at radius 3 is 2.69 bits per heavy atom. The van der Waals surface area contributed by atoms with Gasteiger partial charge in [0.05, 0.1) is 0 Å². The van der Waals surface area contributed by atoms with E-state index in [4.69, 9.17) is 0 Å². The van der Waals surface area contributed by atoms with Crippen molar-refractivity contribution in [1.29, 1.82) is 0 Å². The molecular formula is C13H29N3. The summed E-state index contributed by atoms with van der Waals surface area (Å²) in [6, 6.07) is 1.50. The average molecular weight is 227 g/mol. The largest absolute Gasteiger partial charge is 0.317 e. The lowest BCUT2D eigenvalue weighted by atomic mass is 10.2. The van der Waals surface area contributed by atoms with E-state index in [0.29, 0.717) is 0 Å². The van der Waals surface area contributed by atoms with E-state index in [2.05, 4.69) is 43.1 Å². The molecule has 0 aromatic heterocycles. The Hall–Kier alpha value is -0.120. The minimum Gasteiger partial charge on any atom is -0.317 e. The van der Waals surface area contributed by atoms with Crippen molar-refractivity contribution in [2.24, 2.45) is 0 Å². The van der Waals surface area contributed by atoms with E-state index in [1.807, 2.05) is 0 Å². The van der Waals surface area contributed by atoms with Gasteiger partial charge in [-0.3, -0.25) is 4.90 Å². The van der Waals surface area contributed by atoms with Gasteiger partial charge in [0, 0.05) is 25.2 Å². The van der Waals surface area contributed by atoms with Crippen LogP contribution in [0.15, 0.2) is 0 Å². The number of nitrogens with zero attached hydrogens (tertiary/aromatic N) is 2. The highest BCUT2D eigenvalue weighted by Gasteiger charge is 2.26. The number of nitrogens with one attached hydrogen (secondary N) is 1. The van der Waals surface area contributed by atoms with Crippen LogP contribution in [0.1, 0.15) is 33.1 Å². The Labute approximate surface area is 101 Å². The molecule has 1 N–H and O–H groups in total. The third-order valence-electron chi connectivity index (χ3n) is 3.71. The maximum atomic E-state index is 3.49. The Kier molecular flexibility index (Phi) is 6.32. The summed E-state index contributed by atoms with van der Waals surface area (Å²) in [5.74, 6) is 0. The first-order valence-electron chi connectivity index (χ1n) is 6.76. The maximum Gasteiger partial charge on any atom is 0.0229 e. The van der Waals surface area contributed by atoms with Crippen LogP contribution >= 0.6 is 0 Å². The predicted molar refractivity (Wildman–Crippen MR) is 70.9 cm³/mol. The summed E-state index contributed by atoms with van der Waals surface area (Å²) in [5.41, 5.74) is 0. The zero-order chi connectivity index (χ0) is 12.0. The quantitative estimate of drug-likeness (QED) is 0.663. The molecule has 1 fully saturated rings. The highest BCUT2D eigenvalue weighted by Crippen LogP contribution is 2.17. The van der Waals surface area contributed by atoms with Crippen LogP contribution in [0.2, 0.25) is 0 Å². The van der Waals surface area contributed by atoms with Gasteiger partial charge in [-0.15, -0.1) is 0 Å². The predicted octanol–water partition coefficient (Wildman–Crippen LogP) is 1.40. The van der Waals surface area contributed by atoms with Gasteiger partial charge in [-0.1, -0.05) is 6.92 Å². The van der Waals surface area contributed by atoms with Gasteiger partial charge in [0.1, 0.15) is 0 Å². The SMILES string of the molecule is CCCNCCC(C)N1CCC(N(C)C)C1. The van der Waals surface area contributed by atoms with Gasteiger partial charge < -0.3 is 10.2 Å². The maximum absolute atomic E-state index is 3.49. The summed E-state index contributed by atoms with van der Waals surface area (Å²) in [5, 5.41) is 3.49. The molecule has 0 radical (unpaired) electrons. The number of likely N-dealkylation sites (N-methyl/N-ethyl adjacent to an activating group) is 1. The fraction of sp³-hybridized carbons (Fsp3) is 1.00. The van der Waals surface area contributed by atoms with Crippen LogP contribution in [-0.4, -0.2) is 62.2 Å². The fourth-order valence-corrected chi connectivity index (χ4v) is 2.39. The molecule has 0 spiro atoms. The lowest BCUT2D eigenvalue weighted by Gasteiger charge is -2.25. The Morgan fingerprint density at radius 1 is 1.38 bits per heavy atom. The highest BCUT2D eigenvalue weighted by atomic mass is 15.2. The van der Waals surface area contributed by atoms with Crippen LogP contribution in [0, 0.1) is 0 Å². The summed E-state index contributed by atoms with van der Waals surface area (Å²) in [7, 11) is 4.39. The van der Waals surface area contributed by atoms with Gasteiger partial charge in [-0.25, -0.2) is 0 Å². The molecule has 1 heterocycles. The van der Waals surface area contributed by atoms with Gasteiger partial charge in [-0.2, -0.15) is 0 Å². The number of rotatable bonds is 7. The molecule has 16 heavy (non-hydrogen) atoms. The zero-order valence-corrected chi connectivity index (χ0v) is 11.5. The number of hydrogen-bond acceptors (Lipinski definition) is 3. The third-order valence-corrected chi connectivity index (χ3v) is 3.71. The molecule has 0 aliphatic carbocycles. The van der Waals surface area contributed by atoms with Crippen LogP contribution in [0.5, 0.6) is 0 Å². The Balaban J connectivity index is 2.15. The molecule has 0 aromatic rings. The summed E-state index contributed by atoms with van der Waals surface area (Å²) < 4.78 is 0. The molecule has 1 saturated heterocycles. The van der Waals surface area contributed by atoms with E-state index in [1.165, 1.54) is 32.4 Å². The molecule has 0 amide bonds. The van der Waals surface area contributed by atoms with E-state index in [-0.39, 0.29) is 0 Å². The van der Waals surface area contributed by atoms with E-state index < -0.39 is 0 Å². The topological polar surface area (TPSA) is 18.5 Å². The highest BCUT2D eigenvalue weighted by molar-refractivity contribution is 4.83. The zero-order valence-electron chi connectivity index (χ0n) is 11.5. The molecule has 0 bridgehead atoms. The monoisotopic (exact) mass is 227 g/mol. The number of likely N-dealkylation sites (tertiary alicyclic amines) is 1. The average Bonchev–Trinajstić information content (AvgIpc) is 2.73. The van der Waals surface area contributed by atoms with Crippen LogP contribution < -0.4 is 5.32 Å². The molecule has 2 unspecified atom stereocenters. The van der Waals surface area contributed by atoms with Gasteiger partial charge in [-0.05, 0) is 53.4 Å². The van der Waals surface area contributed by atoms with E-state index in [1.54, 1.807) is 0 Å². The second-order valence-electron chi connectivity index (χ2n) is 5.29.